The highest BCUT2D eigenvalue weighted by atomic mass is 32.1. The first-order valence-corrected chi connectivity index (χ1v) is 9.06. The van der Waals surface area contributed by atoms with Gasteiger partial charge in [-0.2, -0.15) is 5.10 Å². The second-order valence-electron chi connectivity index (χ2n) is 6.11. The molecule has 0 saturated carbocycles. The van der Waals surface area contributed by atoms with Gasteiger partial charge < -0.3 is 4.74 Å². The maximum Gasteiger partial charge on any atom is 0.128 e. The van der Waals surface area contributed by atoms with E-state index in [-0.39, 0.29) is 0 Å². The lowest BCUT2D eigenvalue weighted by molar-refractivity contribution is 0.415. The Bertz CT molecular complexity index is 1100. The van der Waals surface area contributed by atoms with Gasteiger partial charge in [-0.1, -0.05) is 85.0 Å². The maximum atomic E-state index is 5.64. The molecular formula is C23H18N2OS. The molecule has 0 bridgehead atoms. The van der Waals surface area contributed by atoms with Gasteiger partial charge >= 0.3 is 0 Å². The smallest absolute Gasteiger partial charge is 0.128 e. The second kappa shape index (κ2) is 7.56. The largest absolute Gasteiger partial charge is 0.497 e. The van der Waals surface area contributed by atoms with E-state index in [1.54, 1.807) is 7.11 Å². The van der Waals surface area contributed by atoms with Crippen LogP contribution < -0.4 is 4.74 Å². The summed E-state index contributed by atoms with van der Waals surface area (Å²) < 4.78 is 5.93. The fraction of sp³-hybridized carbons (Fsp3) is 0.0435. The van der Waals surface area contributed by atoms with Crippen LogP contribution in [0.3, 0.4) is 0 Å². The standard InChI is InChI=1S/C23H18N2OS/c1-26-19-14-12-17(13-15-19)20-21(16-8-4-2-5-9-16)23(27)25-24-22(20)18-10-6-3-7-11-18/h2-15H,1H3,(H,25,27). The molecule has 3 nitrogen and oxygen atoms in total. The van der Waals surface area contributed by atoms with E-state index in [1.807, 2.05) is 60.7 Å². The minimum Gasteiger partial charge on any atom is -0.497 e. The summed E-state index contributed by atoms with van der Waals surface area (Å²) in [6.07, 6.45) is 0. The van der Waals surface area contributed by atoms with Crippen molar-refractivity contribution in [3.8, 4) is 39.3 Å². The molecular weight excluding hydrogens is 352 g/mol. The van der Waals surface area contributed by atoms with Crippen LogP contribution >= 0.6 is 12.2 Å². The quantitative estimate of drug-likeness (QED) is 0.438. The Labute approximate surface area is 163 Å². The molecule has 1 aromatic heterocycles. The molecule has 0 saturated heterocycles. The zero-order valence-electron chi connectivity index (χ0n) is 14.8. The minimum atomic E-state index is 0.617. The fourth-order valence-corrected chi connectivity index (χ4v) is 3.44. The normalized spacial score (nSPS) is 10.6. The molecule has 4 heteroatoms. The molecule has 0 unspecified atom stereocenters. The SMILES string of the molecule is COc1ccc(-c2c(-c3ccccc3)n[nH]c(=S)c2-c2ccccc2)cc1. The predicted octanol–water partition coefficient (Wildman–Crippen LogP) is 6.15. The number of hydrogen-bond donors (Lipinski definition) is 1. The molecule has 0 radical (unpaired) electrons. The Morgan fingerprint density at radius 2 is 1.26 bits per heavy atom. The average molecular weight is 370 g/mol. The number of rotatable bonds is 4. The summed E-state index contributed by atoms with van der Waals surface area (Å²) in [6.45, 7) is 0. The number of benzene rings is 3. The van der Waals surface area contributed by atoms with E-state index in [9.17, 15) is 0 Å². The lowest BCUT2D eigenvalue weighted by atomic mass is 9.92. The Hall–Kier alpha value is -3.24. The first-order valence-electron chi connectivity index (χ1n) is 8.66. The molecule has 1 heterocycles. The predicted molar refractivity (Wildman–Crippen MR) is 112 cm³/mol. The van der Waals surface area contributed by atoms with Crippen molar-refractivity contribution in [2.45, 2.75) is 0 Å². The molecule has 0 aliphatic heterocycles. The summed E-state index contributed by atoms with van der Waals surface area (Å²) in [7, 11) is 1.67. The van der Waals surface area contributed by atoms with E-state index in [4.69, 9.17) is 17.0 Å². The molecule has 0 aliphatic rings. The van der Waals surface area contributed by atoms with E-state index in [0.717, 1.165) is 39.3 Å². The first-order chi connectivity index (χ1) is 13.3. The first kappa shape index (κ1) is 17.2. The number of aromatic nitrogens is 2. The third-order valence-electron chi connectivity index (χ3n) is 4.47. The van der Waals surface area contributed by atoms with E-state index in [2.05, 4.69) is 34.5 Å². The molecule has 0 atom stereocenters. The van der Waals surface area contributed by atoms with Crippen molar-refractivity contribution in [3.05, 3.63) is 89.6 Å². The molecule has 4 rings (SSSR count). The van der Waals surface area contributed by atoms with Crippen molar-refractivity contribution < 1.29 is 4.74 Å². The van der Waals surface area contributed by atoms with Crippen LogP contribution in [0.25, 0.3) is 33.5 Å². The van der Waals surface area contributed by atoms with Gasteiger partial charge in [-0.25, -0.2) is 0 Å². The summed E-state index contributed by atoms with van der Waals surface area (Å²) in [5.74, 6) is 0.815. The number of methoxy groups -OCH3 is 1. The fourth-order valence-electron chi connectivity index (χ4n) is 3.17. The van der Waals surface area contributed by atoms with Gasteiger partial charge in [0.1, 0.15) is 10.4 Å². The summed E-state index contributed by atoms with van der Waals surface area (Å²) in [5.41, 5.74) is 5.99. The third-order valence-corrected chi connectivity index (χ3v) is 4.77. The number of ether oxygens (including phenoxy) is 1. The van der Waals surface area contributed by atoms with Crippen LogP contribution in [-0.4, -0.2) is 17.3 Å². The third kappa shape index (κ3) is 3.39. The van der Waals surface area contributed by atoms with E-state index >= 15 is 0 Å². The van der Waals surface area contributed by atoms with Crippen LogP contribution in [0.1, 0.15) is 0 Å². The number of nitrogens with one attached hydrogen (secondary N) is 1. The second-order valence-corrected chi connectivity index (χ2v) is 6.52. The van der Waals surface area contributed by atoms with Crippen molar-refractivity contribution in [3.63, 3.8) is 0 Å². The van der Waals surface area contributed by atoms with Gasteiger partial charge in [0, 0.05) is 16.7 Å². The highest BCUT2D eigenvalue weighted by Gasteiger charge is 2.17. The minimum absolute atomic E-state index is 0.617. The van der Waals surface area contributed by atoms with Crippen LogP contribution in [0.5, 0.6) is 5.75 Å². The van der Waals surface area contributed by atoms with Gasteiger partial charge in [0.15, 0.2) is 0 Å². The van der Waals surface area contributed by atoms with Gasteiger partial charge in [0.25, 0.3) is 0 Å². The molecule has 27 heavy (non-hydrogen) atoms. The lowest BCUT2D eigenvalue weighted by Crippen LogP contribution is -1.98. The molecule has 3 aromatic carbocycles. The van der Waals surface area contributed by atoms with Crippen LogP contribution in [0, 0.1) is 4.64 Å². The van der Waals surface area contributed by atoms with E-state index < -0.39 is 0 Å². The molecule has 4 aromatic rings. The van der Waals surface area contributed by atoms with Crippen molar-refractivity contribution in [2.75, 3.05) is 7.11 Å². The van der Waals surface area contributed by atoms with Gasteiger partial charge in [-0.05, 0) is 23.3 Å². The molecule has 0 aliphatic carbocycles. The lowest BCUT2D eigenvalue weighted by Gasteiger charge is -2.15. The number of hydrogen-bond acceptors (Lipinski definition) is 3. The summed E-state index contributed by atoms with van der Waals surface area (Å²) in [4.78, 5) is 0. The van der Waals surface area contributed by atoms with Crippen LogP contribution in [0.2, 0.25) is 0 Å². The molecule has 0 amide bonds. The summed E-state index contributed by atoms with van der Waals surface area (Å²) >= 11 is 5.64. The van der Waals surface area contributed by atoms with E-state index in [0.29, 0.717) is 4.64 Å². The topological polar surface area (TPSA) is 37.9 Å². The Morgan fingerprint density at radius 1 is 0.704 bits per heavy atom. The highest BCUT2D eigenvalue weighted by molar-refractivity contribution is 7.71. The maximum absolute atomic E-state index is 5.64. The van der Waals surface area contributed by atoms with Crippen molar-refractivity contribution in [1.29, 1.82) is 0 Å². The summed E-state index contributed by atoms with van der Waals surface area (Å²) in [5, 5.41) is 7.63. The Morgan fingerprint density at radius 3 is 1.85 bits per heavy atom. The monoisotopic (exact) mass is 370 g/mol. The zero-order valence-corrected chi connectivity index (χ0v) is 15.7. The molecule has 0 spiro atoms. The Kier molecular flexibility index (Phi) is 4.81. The van der Waals surface area contributed by atoms with Gasteiger partial charge in [-0.3, -0.25) is 5.10 Å². The van der Waals surface area contributed by atoms with Gasteiger partial charge in [0.05, 0.1) is 12.8 Å². The average Bonchev–Trinajstić information content (AvgIpc) is 2.75. The van der Waals surface area contributed by atoms with E-state index in [1.165, 1.54) is 0 Å². The zero-order chi connectivity index (χ0) is 18.6. The number of nitrogens with zero attached hydrogens (tertiary/aromatic N) is 1. The Balaban J connectivity index is 2.05. The highest BCUT2D eigenvalue weighted by Crippen LogP contribution is 2.39. The summed E-state index contributed by atoms with van der Waals surface area (Å²) in [6, 6.07) is 28.3. The van der Waals surface area contributed by atoms with Crippen LogP contribution in [0.4, 0.5) is 0 Å². The number of H-pyrrole nitrogens is 1. The van der Waals surface area contributed by atoms with Gasteiger partial charge in [0.2, 0.25) is 0 Å². The van der Waals surface area contributed by atoms with Crippen LogP contribution in [-0.2, 0) is 0 Å². The number of aromatic amines is 1. The molecule has 132 valence electrons. The molecule has 1 N–H and O–H groups in total. The van der Waals surface area contributed by atoms with Crippen molar-refractivity contribution >= 4 is 12.2 Å². The molecule has 0 fully saturated rings. The van der Waals surface area contributed by atoms with Crippen LogP contribution in [0.15, 0.2) is 84.9 Å². The van der Waals surface area contributed by atoms with Crippen molar-refractivity contribution in [2.24, 2.45) is 0 Å². The van der Waals surface area contributed by atoms with Gasteiger partial charge in [-0.15, -0.1) is 0 Å². The van der Waals surface area contributed by atoms with Crippen molar-refractivity contribution in [1.82, 2.24) is 10.2 Å².